The number of carbonyl (C=O) groups is 1. The summed E-state index contributed by atoms with van der Waals surface area (Å²) in [6, 6.07) is 0.197. The van der Waals surface area contributed by atoms with Crippen LogP contribution in [0.25, 0.3) is 0 Å². The van der Waals surface area contributed by atoms with E-state index in [1.54, 1.807) is 0 Å². The van der Waals surface area contributed by atoms with Crippen molar-refractivity contribution in [2.45, 2.75) is 26.4 Å². The average molecular weight is 252 g/mol. The van der Waals surface area contributed by atoms with Crippen LogP contribution in [0.2, 0.25) is 0 Å². The van der Waals surface area contributed by atoms with Crippen LogP contribution < -0.4 is 9.47 Å². The molecule has 18 heavy (non-hydrogen) atoms. The maximum atomic E-state index is 12.0. The molecule has 0 fully saturated rings. The molecule has 2 rings (SSSR count). The molecule has 1 aliphatic rings. The Labute approximate surface area is 105 Å². The summed E-state index contributed by atoms with van der Waals surface area (Å²) in [5.74, 6) is -0.00688. The van der Waals surface area contributed by atoms with Crippen molar-refractivity contribution in [2.75, 3.05) is 14.2 Å². The Bertz CT molecular complexity index is 473. The van der Waals surface area contributed by atoms with E-state index in [1.165, 1.54) is 14.2 Å². The Morgan fingerprint density at radius 2 is 2.00 bits per heavy atom. The summed E-state index contributed by atoms with van der Waals surface area (Å²) in [5, 5.41) is 0. The van der Waals surface area contributed by atoms with Gasteiger partial charge in [-0.15, -0.1) is 0 Å². The van der Waals surface area contributed by atoms with Gasteiger partial charge in [-0.3, -0.25) is 0 Å². The van der Waals surface area contributed by atoms with Gasteiger partial charge in [-0.2, -0.15) is 9.97 Å². The normalized spacial score (nSPS) is 18.3. The lowest BCUT2D eigenvalue weighted by atomic mass is 9.97. The molecule has 0 spiro atoms. The van der Waals surface area contributed by atoms with E-state index in [2.05, 4.69) is 9.97 Å². The first-order chi connectivity index (χ1) is 8.56. The molecule has 0 bridgehead atoms. The van der Waals surface area contributed by atoms with Crippen molar-refractivity contribution in [1.82, 2.24) is 9.97 Å². The van der Waals surface area contributed by atoms with Crippen molar-refractivity contribution in [3.05, 3.63) is 11.3 Å². The number of nitrogens with zero attached hydrogens (tertiary/aromatic N) is 2. The van der Waals surface area contributed by atoms with Gasteiger partial charge in [0.2, 0.25) is 5.88 Å². The van der Waals surface area contributed by atoms with Crippen molar-refractivity contribution in [2.24, 2.45) is 5.92 Å². The maximum Gasteiger partial charge on any atom is 0.345 e. The molecule has 1 atom stereocenters. The minimum Gasteiger partial charge on any atom is -0.480 e. The topological polar surface area (TPSA) is 70.5 Å². The van der Waals surface area contributed by atoms with E-state index in [1.807, 2.05) is 13.8 Å². The molecule has 6 nitrogen and oxygen atoms in total. The predicted octanol–water partition coefficient (Wildman–Crippen LogP) is 1.23. The molecule has 0 aromatic carbocycles. The van der Waals surface area contributed by atoms with Crippen LogP contribution in [0.3, 0.4) is 0 Å². The summed E-state index contributed by atoms with van der Waals surface area (Å²) in [5.41, 5.74) is 0.920. The van der Waals surface area contributed by atoms with Crippen LogP contribution in [-0.2, 0) is 11.2 Å². The van der Waals surface area contributed by atoms with Crippen LogP contribution in [0.15, 0.2) is 0 Å². The minimum atomic E-state index is -0.436. The van der Waals surface area contributed by atoms with Gasteiger partial charge in [0.25, 0.3) is 0 Å². The number of rotatable bonds is 3. The van der Waals surface area contributed by atoms with E-state index in [9.17, 15) is 4.79 Å². The molecule has 98 valence electrons. The first-order valence-corrected chi connectivity index (χ1v) is 5.76. The zero-order valence-corrected chi connectivity index (χ0v) is 10.9. The number of fused-ring (bicyclic) bond motifs is 1. The third-order valence-electron chi connectivity index (χ3n) is 2.91. The lowest BCUT2D eigenvalue weighted by Gasteiger charge is -2.27. The molecule has 2 heterocycles. The Morgan fingerprint density at radius 3 is 2.56 bits per heavy atom. The second kappa shape index (κ2) is 4.80. The Kier molecular flexibility index (Phi) is 3.36. The van der Waals surface area contributed by atoms with Gasteiger partial charge in [-0.05, 0) is 5.92 Å². The third kappa shape index (κ3) is 2.10. The fourth-order valence-electron chi connectivity index (χ4n) is 1.85. The number of ether oxygens (including phenoxy) is 3. The largest absolute Gasteiger partial charge is 0.480 e. The number of cyclic esters (lactones) is 1. The van der Waals surface area contributed by atoms with Crippen LogP contribution in [-0.4, -0.2) is 36.3 Å². The smallest absolute Gasteiger partial charge is 0.345 e. The zero-order valence-electron chi connectivity index (χ0n) is 10.9. The van der Waals surface area contributed by atoms with E-state index in [0.29, 0.717) is 17.7 Å². The molecule has 0 aliphatic carbocycles. The molecule has 1 unspecified atom stereocenters. The van der Waals surface area contributed by atoms with E-state index >= 15 is 0 Å². The third-order valence-corrected chi connectivity index (χ3v) is 2.91. The Hall–Kier alpha value is -1.85. The number of methoxy groups -OCH3 is 2. The molecule has 0 radical (unpaired) electrons. The first kappa shape index (κ1) is 12.6. The highest BCUT2D eigenvalue weighted by Gasteiger charge is 2.33. The van der Waals surface area contributed by atoms with Crippen LogP contribution in [0.5, 0.6) is 11.9 Å². The Morgan fingerprint density at radius 1 is 1.28 bits per heavy atom. The van der Waals surface area contributed by atoms with Crippen molar-refractivity contribution in [1.29, 1.82) is 0 Å². The molecular weight excluding hydrogens is 236 g/mol. The number of aromatic nitrogens is 2. The summed E-state index contributed by atoms with van der Waals surface area (Å²) in [4.78, 5) is 20.2. The van der Waals surface area contributed by atoms with Crippen LogP contribution in [0.4, 0.5) is 0 Å². The first-order valence-electron chi connectivity index (χ1n) is 5.76. The summed E-state index contributed by atoms with van der Waals surface area (Å²) in [6.07, 6.45) is 0.378. The van der Waals surface area contributed by atoms with Gasteiger partial charge in [-0.25, -0.2) is 4.79 Å². The van der Waals surface area contributed by atoms with Gasteiger partial charge in [-0.1, -0.05) is 13.8 Å². The zero-order chi connectivity index (χ0) is 13.3. The molecule has 1 aromatic rings. The highest BCUT2D eigenvalue weighted by atomic mass is 16.5. The molecule has 0 N–H and O–H groups in total. The number of hydrogen-bond donors (Lipinski definition) is 0. The van der Waals surface area contributed by atoms with E-state index < -0.39 is 5.97 Å². The van der Waals surface area contributed by atoms with Gasteiger partial charge in [0.05, 0.1) is 19.9 Å². The van der Waals surface area contributed by atoms with E-state index in [0.717, 1.165) is 0 Å². The van der Waals surface area contributed by atoms with Crippen molar-refractivity contribution >= 4 is 5.97 Å². The molecular formula is C12H16N2O4. The summed E-state index contributed by atoms with van der Waals surface area (Å²) in [7, 11) is 2.92. The van der Waals surface area contributed by atoms with E-state index in [-0.39, 0.29) is 23.9 Å². The minimum absolute atomic E-state index is 0.172. The molecule has 6 heteroatoms. The lowest BCUT2D eigenvalue weighted by molar-refractivity contribution is 0.0123. The monoisotopic (exact) mass is 252 g/mol. The van der Waals surface area contributed by atoms with E-state index in [4.69, 9.17) is 14.2 Å². The highest BCUT2D eigenvalue weighted by molar-refractivity contribution is 5.94. The molecule has 1 aromatic heterocycles. The average Bonchev–Trinajstić information content (AvgIpc) is 2.36. The quantitative estimate of drug-likeness (QED) is 0.753. The fourth-order valence-corrected chi connectivity index (χ4v) is 1.85. The molecule has 0 saturated carbocycles. The van der Waals surface area contributed by atoms with Gasteiger partial charge >= 0.3 is 12.0 Å². The lowest BCUT2D eigenvalue weighted by Crippen LogP contribution is -2.33. The van der Waals surface area contributed by atoms with Crippen molar-refractivity contribution in [3.63, 3.8) is 0 Å². The van der Waals surface area contributed by atoms with Crippen LogP contribution in [0.1, 0.15) is 29.9 Å². The van der Waals surface area contributed by atoms with Gasteiger partial charge in [0.15, 0.2) is 0 Å². The van der Waals surface area contributed by atoms with Gasteiger partial charge in [0, 0.05) is 6.42 Å². The summed E-state index contributed by atoms with van der Waals surface area (Å²) >= 11 is 0. The number of hydrogen-bond acceptors (Lipinski definition) is 6. The SMILES string of the molecule is COc1nc2c(c(OC)n1)C(=O)OC(C(C)C)C2. The number of carbonyl (C=O) groups excluding carboxylic acids is 1. The number of esters is 1. The van der Waals surface area contributed by atoms with Gasteiger partial charge < -0.3 is 14.2 Å². The van der Waals surface area contributed by atoms with Crippen molar-refractivity contribution in [3.8, 4) is 11.9 Å². The molecule has 1 aliphatic heterocycles. The highest BCUT2D eigenvalue weighted by Crippen LogP contribution is 2.30. The molecule has 0 saturated heterocycles. The summed E-state index contributed by atoms with van der Waals surface area (Å²) < 4.78 is 15.4. The van der Waals surface area contributed by atoms with Crippen LogP contribution >= 0.6 is 0 Å². The van der Waals surface area contributed by atoms with Gasteiger partial charge in [0.1, 0.15) is 11.7 Å². The fraction of sp³-hybridized carbons (Fsp3) is 0.583. The maximum absolute atomic E-state index is 12.0. The predicted molar refractivity (Wildman–Crippen MR) is 62.9 cm³/mol. The van der Waals surface area contributed by atoms with Crippen molar-refractivity contribution < 1.29 is 19.0 Å². The Balaban J connectivity index is 2.48. The second-order valence-electron chi connectivity index (χ2n) is 4.43. The van der Waals surface area contributed by atoms with Crippen LogP contribution in [0, 0.1) is 5.92 Å². The molecule has 0 amide bonds. The standard InChI is InChI=1S/C12H16N2O4/c1-6(2)8-5-7-9(11(15)18-8)10(16-3)14-12(13-7)17-4/h6,8H,5H2,1-4H3. The second-order valence-corrected chi connectivity index (χ2v) is 4.43. The summed E-state index contributed by atoms with van der Waals surface area (Å²) in [6.45, 7) is 4.00.